The molecule has 0 heterocycles. The zero-order chi connectivity index (χ0) is 16.0. The van der Waals surface area contributed by atoms with Crippen LogP contribution in [0.1, 0.15) is 61.3 Å². The van der Waals surface area contributed by atoms with E-state index in [-0.39, 0.29) is 10.8 Å². The first-order valence-electron chi connectivity index (χ1n) is 7.09. The molecule has 0 spiro atoms. The number of hydrogen-bond donors (Lipinski definition) is 0. The molecule has 4 heteroatoms. The van der Waals surface area contributed by atoms with E-state index in [2.05, 4.69) is 51.0 Å². The minimum absolute atomic E-state index is 0.0794. The summed E-state index contributed by atoms with van der Waals surface area (Å²) < 4.78 is 0. The SMILES string of the molecule is CC(=C/C(C)(C)CCCN=O)/C(N=O)=C(\C)C(C)(C)C. The molecule has 0 saturated heterocycles. The Labute approximate surface area is 122 Å². The standard InChI is InChI=1S/C16H28N2O2/c1-12(11-16(6,7)9-8-10-17-19)14(18-20)13(2)15(3,4)5/h11H,8-10H2,1-7H3/b12-11-,14-13-. The number of rotatable bonds is 7. The smallest absolute Gasteiger partial charge is 0.110 e. The van der Waals surface area contributed by atoms with Crippen molar-refractivity contribution in [2.75, 3.05) is 6.54 Å². The maximum atomic E-state index is 11.2. The van der Waals surface area contributed by atoms with Gasteiger partial charge in [0.05, 0.1) is 6.54 Å². The van der Waals surface area contributed by atoms with Crippen LogP contribution in [0.5, 0.6) is 0 Å². The lowest BCUT2D eigenvalue weighted by molar-refractivity contribution is 0.422. The largest absolute Gasteiger partial charge is 0.151 e. The molecule has 0 radical (unpaired) electrons. The number of allylic oxidation sites excluding steroid dienone is 3. The van der Waals surface area contributed by atoms with Crippen molar-refractivity contribution in [1.29, 1.82) is 0 Å². The van der Waals surface area contributed by atoms with Gasteiger partial charge in [0.25, 0.3) is 0 Å². The summed E-state index contributed by atoms with van der Waals surface area (Å²) in [4.78, 5) is 21.3. The van der Waals surface area contributed by atoms with Crippen molar-refractivity contribution in [2.24, 2.45) is 21.2 Å². The Morgan fingerprint density at radius 3 is 2.00 bits per heavy atom. The summed E-state index contributed by atoms with van der Waals surface area (Å²) in [7, 11) is 0. The van der Waals surface area contributed by atoms with Crippen LogP contribution in [0.2, 0.25) is 0 Å². The van der Waals surface area contributed by atoms with Crippen molar-refractivity contribution in [2.45, 2.75) is 61.3 Å². The van der Waals surface area contributed by atoms with E-state index in [9.17, 15) is 9.81 Å². The van der Waals surface area contributed by atoms with Gasteiger partial charge in [0.1, 0.15) is 5.70 Å². The van der Waals surface area contributed by atoms with Crippen LogP contribution in [0.4, 0.5) is 0 Å². The fraction of sp³-hybridized carbons (Fsp3) is 0.750. The topological polar surface area (TPSA) is 58.9 Å². The lowest BCUT2D eigenvalue weighted by atomic mass is 9.82. The lowest BCUT2D eigenvalue weighted by Gasteiger charge is -2.24. The molecule has 0 aliphatic heterocycles. The van der Waals surface area contributed by atoms with E-state index < -0.39 is 0 Å². The number of hydrogen-bond acceptors (Lipinski definition) is 4. The van der Waals surface area contributed by atoms with Crippen LogP contribution in [-0.4, -0.2) is 6.54 Å². The van der Waals surface area contributed by atoms with Gasteiger partial charge in [-0.1, -0.05) is 45.9 Å². The van der Waals surface area contributed by atoms with E-state index in [1.165, 1.54) is 0 Å². The Bertz CT molecular complexity index is 413. The third kappa shape index (κ3) is 6.22. The van der Waals surface area contributed by atoms with Crippen LogP contribution in [0.15, 0.2) is 33.3 Å². The molecule has 0 atom stereocenters. The number of nitroso groups, excluding NO2 is 2. The Morgan fingerprint density at radius 2 is 1.60 bits per heavy atom. The van der Waals surface area contributed by atoms with Gasteiger partial charge in [-0.15, -0.1) is 4.91 Å². The highest BCUT2D eigenvalue weighted by atomic mass is 16.3. The highest BCUT2D eigenvalue weighted by Crippen LogP contribution is 2.33. The van der Waals surface area contributed by atoms with Gasteiger partial charge in [0.15, 0.2) is 0 Å². The quantitative estimate of drug-likeness (QED) is 0.346. The molecule has 0 unspecified atom stereocenters. The summed E-state index contributed by atoms with van der Waals surface area (Å²) in [5.74, 6) is 0. The van der Waals surface area contributed by atoms with Gasteiger partial charge in [0.2, 0.25) is 0 Å². The fourth-order valence-corrected chi connectivity index (χ4v) is 2.12. The van der Waals surface area contributed by atoms with E-state index in [1.807, 2.05) is 13.8 Å². The van der Waals surface area contributed by atoms with Crippen LogP contribution in [0, 0.1) is 20.6 Å². The summed E-state index contributed by atoms with van der Waals surface area (Å²) in [6.45, 7) is 14.6. The predicted molar refractivity (Wildman–Crippen MR) is 85.4 cm³/mol. The summed E-state index contributed by atoms with van der Waals surface area (Å²) in [6.07, 6.45) is 3.69. The maximum absolute atomic E-state index is 11.2. The lowest BCUT2D eigenvalue weighted by Crippen LogP contribution is -2.12. The highest BCUT2D eigenvalue weighted by molar-refractivity contribution is 5.35. The molecule has 0 fully saturated rings. The highest BCUT2D eigenvalue weighted by Gasteiger charge is 2.21. The Balaban J connectivity index is 5.28. The van der Waals surface area contributed by atoms with Crippen LogP contribution in [-0.2, 0) is 0 Å². The first kappa shape index (κ1) is 18.7. The summed E-state index contributed by atoms with van der Waals surface area (Å²) in [5, 5.41) is 6.11. The van der Waals surface area contributed by atoms with Gasteiger partial charge in [0, 0.05) is 0 Å². The van der Waals surface area contributed by atoms with Gasteiger partial charge in [-0.05, 0) is 53.8 Å². The van der Waals surface area contributed by atoms with E-state index in [1.54, 1.807) is 0 Å². The predicted octanol–water partition coefficient (Wildman–Crippen LogP) is 5.59. The molecule has 0 amide bonds. The Morgan fingerprint density at radius 1 is 1.05 bits per heavy atom. The van der Waals surface area contributed by atoms with Crippen molar-refractivity contribution >= 4 is 0 Å². The Kier molecular flexibility index (Phi) is 6.97. The third-order valence-corrected chi connectivity index (χ3v) is 3.62. The minimum Gasteiger partial charge on any atom is -0.151 e. The van der Waals surface area contributed by atoms with Crippen LogP contribution in [0.25, 0.3) is 0 Å². The zero-order valence-corrected chi connectivity index (χ0v) is 13.9. The molecule has 0 bridgehead atoms. The van der Waals surface area contributed by atoms with E-state index in [0.717, 1.165) is 24.0 Å². The van der Waals surface area contributed by atoms with Crippen molar-refractivity contribution in [3.05, 3.63) is 32.7 Å². The molecule has 0 aromatic rings. The summed E-state index contributed by atoms with van der Waals surface area (Å²) >= 11 is 0. The van der Waals surface area contributed by atoms with Gasteiger partial charge in [-0.2, -0.15) is 4.91 Å². The molecule has 4 nitrogen and oxygen atoms in total. The normalized spacial score (nSPS) is 14.8. The summed E-state index contributed by atoms with van der Waals surface area (Å²) in [6, 6.07) is 0. The molecule has 0 aromatic carbocycles. The first-order valence-corrected chi connectivity index (χ1v) is 7.09. The van der Waals surface area contributed by atoms with Gasteiger partial charge >= 0.3 is 0 Å². The minimum atomic E-state index is -0.0805. The second-order valence-electron chi connectivity index (χ2n) is 7.09. The molecule has 0 aromatic heterocycles. The molecular weight excluding hydrogens is 252 g/mol. The van der Waals surface area contributed by atoms with Gasteiger partial charge < -0.3 is 0 Å². The molecule has 0 saturated carbocycles. The summed E-state index contributed by atoms with van der Waals surface area (Å²) in [5.41, 5.74) is 2.27. The van der Waals surface area contributed by atoms with Crippen LogP contribution in [0.3, 0.4) is 0 Å². The second-order valence-corrected chi connectivity index (χ2v) is 7.09. The average molecular weight is 280 g/mol. The fourth-order valence-electron chi connectivity index (χ4n) is 2.12. The molecule has 0 aliphatic carbocycles. The first-order chi connectivity index (χ1) is 9.05. The Hall–Kier alpha value is -1.32. The van der Waals surface area contributed by atoms with Gasteiger partial charge in [-0.25, -0.2) is 0 Å². The van der Waals surface area contributed by atoms with Gasteiger partial charge in [-0.3, -0.25) is 0 Å². The van der Waals surface area contributed by atoms with E-state index >= 15 is 0 Å². The van der Waals surface area contributed by atoms with Crippen molar-refractivity contribution < 1.29 is 0 Å². The molecule has 20 heavy (non-hydrogen) atoms. The van der Waals surface area contributed by atoms with Crippen molar-refractivity contribution in [1.82, 2.24) is 0 Å². The number of nitrogens with zero attached hydrogens (tertiary/aromatic N) is 2. The maximum Gasteiger partial charge on any atom is 0.110 e. The molecule has 114 valence electrons. The van der Waals surface area contributed by atoms with Crippen molar-refractivity contribution in [3.63, 3.8) is 0 Å². The zero-order valence-electron chi connectivity index (χ0n) is 13.9. The molecular formula is C16H28N2O2. The van der Waals surface area contributed by atoms with Crippen LogP contribution >= 0.6 is 0 Å². The second kappa shape index (κ2) is 7.46. The van der Waals surface area contributed by atoms with Crippen molar-refractivity contribution in [3.8, 4) is 0 Å². The van der Waals surface area contributed by atoms with E-state index in [4.69, 9.17) is 0 Å². The molecule has 0 aliphatic rings. The molecule has 0 rings (SSSR count). The monoisotopic (exact) mass is 280 g/mol. The third-order valence-electron chi connectivity index (χ3n) is 3.62. The molecule has 0 N–H and O–H groups in total. The van der Waals surface area contributed by atoms with Crippen LogP contribution < -0.4 is 0 Å². The average Bonchev–Trinajstić information content (AvgIpc) is 2.27. The van der Waals surface area contributed by atoms with E-state index in [0.29, 0.717) is 12.2 Å².